The van der Waals surface area contributed by atoms with Crippen molar-refractivity contribution in [2.75, 3.05) is 11.9 Å². The number of carbonyl (C=O) groups excluding carboxylic acids is 2. The molecular formula is C25H26ClN5O3S. The lowest BCUT2D eigenvalue weighted by molar-refractivity contribution is -0.128. The van der Waals surface area contributed by atoms with Crippen molar-refractivity contribution in [2.24, 2.45) is 12.0 Å². The number of amidine groups is 1. The highest BCUT2D eigenvalue weighted by molar-refractivity contribution is 8.15. The number of benzene rings is 2. The summed E-state index contributed by atoms with van der Waals surface area (Å²) in [6, 6.07) is 16.2. The van der Waals surface area contributed by atoms with Crippen LogP contribution in [0.2, 0.25) is 5.02 Å². The van der Waals surface area contributed by atoms with Gasteiger partial charge in [-0.2, -0.15) is 0 Å². The number of aromatic nitrogens is 2. The minimum absolute atomic E-state index is 0.0166. The minimum atomic E-state index is -0.625. The number of rotatable bonds is 7. The number of hydrogen-bond acceptors (Lipinski definition) is 5. The number of halogens is 1. The SMILES string of the molecule is CCCN1C(=O)C(CC(=O)Nc2cccc(Cl)c2)SC1=Nc1c(C)n(C)n(-c2ccccc2)c1=O. The van der Waals surface area contributed by atoms with Crippen LogP contribution < -0.4 is 10.9 Å². The second-order valence-corrected chi connectivity index (χ2v) is 9.77. The van der Waals surface area contributed by atoms with Crippen molar-refractivity contribution in [3.8, 4) is 5.69 Å². The van der Waals surface area contributed by atoms with Gasteiger partial charge >= 0.3 is 0 Å². The van der Waals surface area contributed by atoms with E-state index in [9.17, 15) is 14.4 Å². The van der Waals surface area contributed by atoms with Gasteiger partial charge in [0.2, 0.25) is 11.8 Å². The molecule has 0 radical (unpaired) electrons. The molecule has 10 heteroatoms. The summed E-state index contributed by atoms with van der Waals surface area (Å²) in [6.45, 7) is 4.24. The Morgan fingerprint density at radius 2 is 1.89 bits per heavy atom. The molecule has 1 aliphatic rings. The van der Waals surface area contributed by atoms with Crippen LogP contribution in [-0.2, 0) is 16.6 Å². The average Bonchev–Trinajstić information content (AvgIpc) is 3.22. The fourth-order valence-corrected chi connectivity index (χ4v) is 5.24. The molecule has 0 bridgehead atoms. The molecule has 1 fully saturated rings. The van der Waals surface area contributed by atoms with E-state index in [4.69, 9.17) is 11.6 Å². The van der Waals surface area contributed by atoms with Crippen molar-refractivity contribution in [3.05, 3.63) is 75.7 Å². The first-order chi connectivity index (χ1) is 16.8. The van der Waals surface area contributed by atoms with E-state index in [0.29, 0.717) is 28.1 Å². The van der Waals surface area contributed by atoms with E-state index in [1.54, 1.807) is 45.6 Å². The molecule has 1 N–H and O–H groups in total. The Morgan fingerprint density at radius 1 is 1.14 bits per heavy atom. The maximum Gasteiger partial charge on any atom is 0.297 e. The van der Waals surface area contributed by atoms with Crippen LogP contribution in [0.4, 0.5) is 11.4 Å². The third-order valence-corrected chi connectivity index (χ3v) is 7.09. The summed E-state index contributed by atoms with van der Waals surface area (Å²) in [5.41, 5.74) is 1.98. The van der Waals surface area contributed by atoms with Crippen molar-refractivity contribution in [1.82, 2.24) is 14.3 Å². The maximum atomic E-state index is 13.3. The van der Waals surface area contributed by atoms with Gasteiger partial charge < -0.3 is 5.32 Å². The summed E-state index contributed by atoms with van der Waals surface area (Å²) < 4.78 is 3.30. The molecule has 8 nitrogen and oxygen atoms in total. The Morgan fingerprint density at radius 3 is 2.57 bits per heavy atom. The van der Waals surface area contributed by atoms with Gasteiger partial charge in [-0.25, -0.2) is 9.67 Å². The lowest BCUT2D eigenvalue weighted by Gasteiger charge is -2.15. The topological polar surface area (TPSA) is 88.7 Å². The van der Waals surface area contributed by atoms with Gasteiger partial charge in [0.15, 0.2) is 10.9 Å². The van der Waals surface area contributed by atoms with Gasteiger partial charge in [0.1, 0.15) is 5.25 Å². The van der Waals surface area contributed by atoms with Crippen molar-refractivity contribution in [3.63, 3.8) is 0 Å². The van der Waals surface area contributed by atoms with E-state index in [1.165, 1.54) is 11.8 Å². The molecule has 1 atom stereocenters. The second-order valence-electron chi connectivity index (χ2n) is 8.16. The van der Waals surface area contributed by atoms with E-state index >= 15 is 0 Å². The van der Waals surface area contributed by atoms with Crippen LogP contribution in [0.15, 0.2) is 64.4 Å². The zero-order chi connectivity index (χ0) is 25.1. The first kappa shape index (κ1) is 24.8. The predicted octanol–water partition coefficient (Wildman–Crippen LogP) is 4.51. The third-order valence-electron chi connectivity index (χ3n) is 5.68. The van der Waals surface area contributed by atoms with E-state index in [1.807, 2.05) is 44.2 Å². The van der Waals surface area contributed by atoms with Gasteiger partial charge in [-0.3, -0.25) is 24.0 Å². The van der Waals surface area contributed by atoms with Crippen LogP contribution in [0, 0.1) is 6.92 Å². The Bertz CT molecular complexity index is 1350. The standard InChI is InChI=1S/C25H26ClN5O3S/c1-4-13-30-23(33)20(15-21(32)27-18-10-8-9-17(26)14-18)35-25(30)28-22-16(2)29(3)31(24(22)34)19-11-6-5-7-12-19/h5-12,14,20H,4,13,15H2,1-3H3,(H,27,32). The quantitative estimate of drug-likeness (QED) is 0.505. The van der Waals surface area contributed by atoms with Gasteiger partial charge in [-0.1, -0.05) is 54.6 Å². The van der Waals surface area contributed by atoms with Crippen molar-refractivity contribution in [2.45, 2.75) is 31.9 Å². The monoisotopic (exact) mass is 511 g/mol. The molecule has 2 heterocycles. The zero-order valence-corrected chi connectivity index (χ0v) is 21.3. The Kier molecular flexibility index (Phi) is 7.47. The number of carbonyl (C=O) groups is 2. The number of anilines is 1. The Hall–Kier alpha value is -3.30. The van der Waals surface area contributed by atoms with Crippen LogP contribution in [-0.4, -0.2) is 43.0 Å². The molecule has 1 aromatic heterocycles. The molecule has 0 aliphatic carbocycles. The van der Waals surface area contributed by atoms with Gasteiger partial charge in [0, 0.05) is 30.7 Å². The molecule has 0 saturated carbocycles. The highest BCUT2D eigenvalue weighted by atomic mass is 35.5. The number of para-hydroxylation sites is 1. The molecule has 2 amide bonds. The van der Waals surface area contributed by atoms with Crippen molar-refractivity contribution >= 4 is 51.7 Å². The Balaban J connectivity index is 1.61. The highest BCUT2D eigenvalue weighted by Gasteiger charge is 2.39. The minimum Gasteiger partial charge on any atom is -0.326 e. The fourth-order valence-electron chi connectivity index (χ4n) is 3.88. The lowest BCUT2D eigenvalue weighted by atomic mass is 10.2. The molecule has 1 saturated heterocycles. The van der Waals surface area contributed by atoms with Gasteiger partial charge in [-0.15, -0.1) is 0 Å². The third kappa shape index (κ3) is 5.21. The van der Waals surface area contributed by atoms with Crippen LogP contribution >= 0.6 is 23.4 Å². The molecule has 1 aliphatic heterocycles. The van der Waals surface area contributed by atoms with Crippen LogP contribution in [0.1, 0.15) is 25.5 Å². The molecule has 1 unspecified atom stereocenters. The van der Waals surface area contributed by atoms with E-state index < -0.39 is 5.25 Å². The number of aliphatic imine (C=N–C) groups is 1. The zero-order valence-electron chi connectivity index (χ0n) is 19.7. The number of thioether (sulfide) groups is 1. The van der Waals surface area contributed by atoms with Gasteiger partial charge in [0.25, 0.3) is 5.56 Å². The van der Waals surface area contributed by atoms with Crippen LogP contribution in [0.5, 0.6) is 0 Å². The molecular weight excluding hydrogens is 486 g/mol. The fraction of sp³-hybridized carbons (Fsp3) is 0.280. The highest BCUT2D eigenvalue weighted by Crippen LogP contribution is 2.32. The number of amides is 2. The second kappa shape index (κ2) is 10.5. The normalized spacial score (nSPS) is 16.8. The molecule has 0 spiro atoms. The van der Waals surface area contributed by atoms with Gasteiger partial charge in [0.05, 0.1) is 11.4 Å². The average molecular weight is 512 g/mol. The molecule has 4 rings (SSSR count). The first-order valence-electron chi connectivity index (χ1n) is 11.3. The Labute approximate surface area is 212 Å². The van der Waals surface area contributed by atoms with Crippen molar-refractivity contribution in [1.29, 1.82) is 0 Å². The predicted molar refractivity (Wildman–Crippen MR) is 141 cm³/mol. The molecule has 182 valence electrons. The molecule has 35 heavy (non-hydrogen) atoms. The number of hydrogen-bond donors (Lipinski definition) is 1. The van der Waals surface area contributed by atoms with Gasteiger partial charge in [-0.05, 0) is 43.7 Å². The smallest absolute Gasteiger partial charge is 0.297 e. The first-order valence-corrected chi connectivity index (χ1v) is 12.5. The summed E-state index contributed by atoms with van der Waals surface area (Å²) in [7, 11) is 1.80. The summed E-state index contributed by atoms with van der Waals surface area (Å²) >= 11 is 7.20. The maximum absolute atomic E-state index is 13.3. The summed E-state index contributed by atoms with van der Waals surface area (Å²) in [6.07, 6.45) is 0.700. The largest absolute Gasteiger partial charge is 0.326 e. The van der Waals surface area contributed by atoms with E-state index in [-0.39, 0.29) is 29.5 Å². The molecule has 2 aromatic carbocycles. The summed E-state index contributed by atoms with van der Waals surface area (Å²) in [4.78, 5) is 45.3. The number of nitrogens with zero attached hydrogens (tertiary/aromatic N) is 4. The van der Waals surface area contributed by atoms with Crippen molar-refractivity contribution < 1.29 is 9.59 Å². The molecule has 3 aromatic rings. The van der Waals surface area contributed by atoms with Crippen LogP contribution in [0.25, 0.3) is 5.69 Å². The van der Waals surface area contributed by atoms with E-state index in [2.05, 4.69) is 10.3 Å². The van der Waals surface area contributed by atoms with Crippen LogP contribution in [0.3, 0.4) is 0 Å². The lowest BCUT2D eigenvalue weighted by Crippen LogP contribution is -2.34. The van der Waals surface area contributed by atoms with E-state index in [0.717, 1.165) is 12.1 Å². The number of nitrogens with one attached hydrogen (secondary N) is 1. The summed E-state index contributed by atoms with van der Waals surface area (Å²) in [5.74, 6) is -0.480. The summed E-state index contributed by atoms with van der Waals surface area (Å²) in [5, 5.41) is 3.10.